The zero-order valence-corrected chi connectivity index (χ0v) is 22.3. The van der Waals surface area contributed by atoms with Gasteiger partial charge in [0.25, 0.3) is 5.91 Å². The summed E-state index contributed by atoms with van der Waals surface area (Å²) in [5, 5.41) is 2.03. The van der Waals surface area contributed by atoms with Crippen LogP contribution >= 0.6 is 11.3 Å². The highest BCUT2D eigenvalue weighted by atomic mass is 32.1. The van der Waals surface area contributed by atoms with E-state index >= 15 is 0 Å². The van der Waals surface area contributed by atoms with Crippen LogP contribution in [0.3, 0.4) is 0 Å². The summed E-state index contributed by atoms with van der Waals surface area (Å²) in [5.41, 5.74) is 1.56. The Morgan fingerprint density at radius 1 is 1.16 bits per heavy atom. The highest BCUT2D eigenvalue weighted by molar-refractivity contribution is 7.10. The molecule has 2 aromatic carbocycles. The molecule has 0 fully saturated rings. The number of thiophene rings is 1. The Bertz CT molecular complexity index is 1210. The van der Waals surface area contributed by atoms with Crippen LogP contribution in [0.5, 0.6) is 11.5 Å². The van der Waals surface area contributed by atoms with Crippen molar-refractivity contribution in [3.63, 3.8) is 0 Å². The van der Waals surface area contributed by atoms with Gasteiger partial charge >= 0.3 is 0 Å². The first-order valence-electron chi connectivity index (χ1n) is 12.6. The Hall–Kier alpha value is -3.39. The number of ether oxygens (including phenoxy) is 2. The van der Waals surface area contributed by atoms with Gasteiger partial charge in [-0.05, 0) is 71.8 Å². The molecule has 4 rings (SSSR count). The molecule has 6 nitrogen and oxygen atoms in total. The fourth-order valence-corrected chi connectivity index (χ4v) is 5.43. The molecule has 0 spiro atoms. The van der Waals surface area contributed by atoms with Crippen LogP contribution in [0.2, 0.25) is 0 Å². The summed E-state index contributed by atoms with van der Waals surface area (Å²) in [6, 6.07) is 14.6. The first kappa shape index (κ1) is 26.7. The van der Waals surface area contributed by atoms with Gasteiger partial charge in [0.05, 0.1) is 13.2 Å². The van der Waals surface area contributed by atoms with Gasteiger partial charge in [-0.1, -0.05) is 26.3 Å². The molecular formula is C29H33FN2O4S. The van der Waals surface area contributed by atoms with Crippen molar-refractivity contribution in [2.24, 2.45) is 5.92 Å². The summed E-state index contributed by atoms with van der Waals surface area (Å²) in [7, 11) is 1.56. The Morgan fingerprint density at radius 3 is 2.68 bits per heavy atom. The van der Waals surface area contributed by atoms with Crippen LogP contribution in [0.4, 0.5) is 4.39 Å². The molecule has 0 bridgehead atoms. The third kappa shape index (κ3) is 6.49. The van der Waals surface area contributed by atoms with Crippen LogP contribution in [0, 0.1) is 11.7 Å². The second-order valence-corrected chi connectivity index (χ2v) is 10.3. The summed E-state index contributed by atoms with van der Waals surface area (Å²) in [6.07, 6.45) is 1.66. The molecule has 2 atom stereocenters. The smallest absolute Gasteiger partial charge is 0.254 e. The third-order valence-corrected chi connectivity index (χ3v) is 7.79. The standard InChI is InChI=1S/C29H33FN2O4S/c1-4-20(2)17-31(29(34)21-6-5-7-24(16-21)35-3)18-28(33)32-14-12-27-25(13-15-37-27)26(32)19-36-23-10-8-22(30)9-11-23/h5-11,13,15-16,20,26H,4,12,14,17-19H2,1-3H3/t20-,26+/m1/s1. The SMILES string of the molecule is CC[C@@H](C)CN(CC(=O)N1CCc2sccc2[C@@H]1COc1ccc(F)cc1)C(=O)c1cccc(OC)c1. The van der Waals surface area contributed by atoms with Crippen molar-refractivity contribution in [1.82, 2.24) is 9.80 Å². The van der Waals surface area contributed by atoms with Gasteiger partial charge in [0.1, 0.15) is 30.5 Å². The highest BCUT2D eigenvalue weighted by Crippen LogP contribution is 2.34. The molecule has 0 unspecified atom stereocenters. The van der Waals surface area contributed by atoms with E-state index in [0.29, 0.717) is 30.2 Å². The minimum Gasteiger partial charge on any atom is -0.497 e. The number of rotatable bonds is 10. The summed E-state index contributed by atoms with van der Waals surface area (Å²) < 4.78 is 24.6. The van der Waals surface area contributed by atoms with Crippen molar-refractivity contribution >= 4 is 23.2 Å². The molecule has 2 heterocycles. The molecule has 0 saturated carbocycles. The number of amides is 2. The first-order valence-corrected chi connectivity index (χ1v) is 13.4. The van der Waals surface area contributed by atoms with Crippen LogP contribution in [0.15, 0.2) is 60.0 Å². The van der Waals surface area contributed by atoms with Crippen LogP contribution < -0.4 is 9.47 Å². The van der Waals surface area contributed by atoms with Gasteiger partial charge in [0, 0.05) is 23.5 Å². The van der Waals surface area contributed by atoms with Gasteiger partial charge in [0.15, 0.2) is 0 Å². The van der Waals surface area contributed by atoms with Gasteiger partial charge in [-0.25, -0.2) is 4.39 Å². The van der Waals surface area contributed by atoms with E-state index in [1.165, 1.54) is 17.0 Å². The Kier molecular flexibility index (Phi) is 8.82. The molecule has 0 radical (unpaired) electrons. The molecule has 1 aliphatic rings. The average molecular weight is 525 g/mol. The van der Waals surface area contributed by atoms with Crippen LogP contribution in [0.25, 0.3) is 0 Å². The van der Waals surface area contributed by atoms with Crippen molar-refractivity contribution in [3.8, 4) is 11.5 Å². The fourth-order valence-electron chi connectivity index (χ4n) is 4.50. The number of fused-ring (bicyclic) bond motifs is 1. The number of halogens is 1. The monoisotopic (exact) mass is 524 g/mol. The lowest BCUT2D eigenvalue weighted by Crippen LogP contribution is -2.48. The quantitative estimate of drug-likeness (QED) is 0.347. The van der Waals surface area contributed by atoms with E-state index in [1.54, 1.807) is 59.7 Å². The molecule has 0 N–H and O–H groups in total. The van der Waals surface area contributed by atoms with Gasteiger partial charge in [-0.15, -0.1) is 11.3 Å². The zero-order valence-electron chi connectivity index (χ0n) is 21.5. The lowest BCUT2D eigenvalue weighted by atomic mass is 10.00. The Morgan fingerprint density at radius 2 is 1.95 bits per heavy atom. The van der Waals surface area contributed by atoms with Crippen molar-refractivity contribution in [3.05, 3.63) is 81.8 Å². The van der Waals surface area contributed by atoms with Crippen molar-refractivity contribution in [2.75, 3.05) is 33.4 Å². The molecule has 1 aliphatic heterocycles. The molecule has 8 heteroatoms. The number of benzene rings is 2. The third-order valence-electron chi connectivity index (χ3n) is 6.80. The molecule has 0 aliphatic carbocycles. The number of hydrogen-bond donors (Lipinski definition) is 0. The van der Waals surface area contributed by atoms with Crippen molar-refractivity contribution in [1.29, 1.82) is 0 Å². The van der Waals surface area contributed by atoms with Crippen LogP contribution in [-0.4, -0.2) is 55.0 Å². The van der Waals surface area contributed by atoms with Crippen molar-refractivity contribution < 1.29 is 23.5 Å². The van der Waals surface area contributed by atoms with E-state index in [-0.39, 0.29) is 42.7 Å². The summed E-state index contributed by atoms with van der Waals surface area (Å²) in [5.74, 6) is 0.736. The Labute approximate surface area is 221 Å². The molecule has 3 aromatic rings. The fraction of sp³-hybridized carbons (Fsp3) is 0.379. The van der Waals surface area contributed by atoms with E-state index in [2.05, 4.69) is 13.8 Å². The summed E-state index contributed by atoms with van der Waals surface area (Å²) in [4.78, 5) is 31.9. The first-order chi connectivity index (χ1) is 17.9. The Balaban J connectivity index is 1.54. The second-order valence-electron chi connectivity index (χ2n) is 9.35. The highest BCUT2D eigenvalue weighted by Gasteiger charge is 2.34. The number of nitrogens with zero attached hydrogens (tertiary/aromatic N) is 2. The average Bonchev–Trinajstić information content (AvgIpc) is 3.41. The largest absolute Gasteiger partial charge is 0.497 e. The number of methoxy groups -OCH3 is 1. The zero-order chi connectivity index (χ0) is 26.4. The van der Waals surface area contributed by atoms with Gasteiger partial charge in [-0.3, -0.25) is 9.59 Å². The number of carbonyl (C=O) groups is 2. The van der Waals surface area contributed by atoms with E-state index in [0.717, 1.165) is 18.4 Å². The van der Waals surface area contributed by atoms with E-state index in [9.17, 15) is 14.0 Å². The van der Waals surface area contributed by atoms with E-state index in [4.69, 9.17) is 9.47 Å². The van der Waals surface area contributed by atoms with Crippen LogP contribution in [0.1, 0.15) is 47.1 Å². The molecule has 0 saturated heterocycles. The molecule has 1 aromatic heterocycles. The van der Waals surface area contributed by atoms with E-state index in [1.807, 2.05) is 16.3 Å². The maximum absolute atomic E-state index is 13.7. The maximum atomic E-state index is 13.7. The minimum atomic E-state index is -0.330. The normalized spacial score (nSPS) is 15.6. The number of hydrogen-bond acceptors (Lipinski definition) is 5. The van der Waals surface area contributed by atoms with Gasteiger partial charge in [-0.2, -0.15) is 0 Å². The topological polar surface area (TPSA) is 59.1 Å². The number of carbonyl (C=O) groups excluding carboxylic acids is 2. The van der Waals surface area contributed by atoms with Gasteiger partial charge < -0.3 is 19.3 Å². The maximum Gasteiger partial charge on any atom is 0.254 e. The van der Waals surface area contributed by atoms with Crippen molar-refractivity contribution in [2.45, 2.75) is 32.7 Å². The minimum absolute atomic E-state index is 0.0209. The van der Waals surface area contributed by atoms with Crippen LogP contribution in [-0.2, 0) is 11.2 Å². The molecular weight excluding hydrogens is 491 g/mol. The lowest BCUT2D eigenvalue weighted by Gasteiger charge is -2.37. The van der Waals surface area contributed by atoms with Gasteiger partial charge in [0.2, 0.25) is 5.91 Å². The molecule has 2 amide bonds. The predicted octanol–water partition coefficient (Wildman–Crippen LogP) is 5.59. The lowest BCUT2D eigenvalue weighted by molar-refractivity contribution is -0.135. The predicted molar refractivity (Wildman–Crippen MR) is 143 cm³/mol. The second kappa shape index (κ2) is 12.2. The summed E-state index contributed by atoms with van der Waals surface area (Å²) >= 11 is 1.68. The molecule has 37 heavy (non-hydrogen) atoms. The molecule has 196 valence electrons. The van der Waals surface area contributed by atoms with E-state index < -0.39 is 0 Å². The summed E-state index contributed by atoms with van der Waals surface area (Å²) in [6.45, 7) is 5.41.